The summed E-state index contributed by atoms with van der Waals surface area (Å²) in [4.78, 5) is 0. The largest absolute Gasteiger partial charge is 0.492 e. The molecular weight excluding hydrogens is 233 g/mol. The van der Waals surface area contributed by atoms with Crippen molar-refractivity contribution in [2.24, 2.45) is 5.73 Å². The second-order valence-electron chi connectivity index (χ2n) is 3.63. The summed E-state index contributed by atoms with van der Waals surface area (Å²) >= 11 is 0. The van der Waals surface area contributed by atoms with Crippen LogP contribution < -0.4 is 10.5 Å². The number of rotatable bonds is 4. The number of ether oxygens (including phenoxy) is 1. The minimum Gasteiger partial charge on any atom is -0.492 e. The summed E-state index contributed by atoms with van der Waals surface area (Å²) in [5.41, 5.74) is 6.49. The van der Waals surface area contributed by atoms with Crippen LogP contribution in [0.1, 0.15) is 17.5 Å². The second-order valence-corrected chi connectivity index (χ2v) is 3.63. The van der Waals surface area contributed by atoms with Gasteiger partial charge in [-0.15, -0.1) is 0 Å². The SMILES string of the molecule is Cc1ccc(OCCC(F)(F)F)c(C(=N)N)c1. The molecule has 0 spiro atoms. The number of amidine groups is 1. The van der Waals surface area contributed by atoms with Crippen molar-refractivity contribution in [3.8, 4) is 5.75 Å². The molecule has 6 heteroatoms. The fraction of sp³-hybridized carbons (Fsp3) is 0.364. The Hall–Kier alpha value is -1.72. The molecule has 0 unspecified atom stereocenters. The van der Waals surface area contributed by atoms with Gasteiger partial charge in [0.2, 0.25) is 0 Å². The van der Waals surface area contributed by atoms with E-state index >= 15 is 0 Å². The standard InChI is InChI=1S/C11H13F3N2O/c1-7-2-3-9(8(6-7)10(15)16)17-5-4-11(12,13)14/h2-3,6H,4-5H2,1H3,(H3,15,16). The zero-order valence-corrected chi connectivity index (χ0v) is 9.27. The zero-order valence-electron chi connectivity index (χ0n) is 9.27. The van der Waals surface area contributed by atoms with E-state index < -0.39 is 19.2 Å². The fourth-order valence-corrected chi connectivity index (χ4v) is 1.26. The van der Waals surface area contributed by atoms with Gasteiger partial charge in [0.15, 0.2) is 0 Å². The van der Waals surface area contributed by atoms with Crippen molar-refractivity contribution in [3.05, 3.63) is 29.3 Å². The maximum atomic E-state index is 11.9. The maximum absolute atomic E-state index is 11.9. The van der Waals surface area contributed by atoms with E-state index in [0.29, 0.717) is 5.56 Å². The maximum Gasteiger partial charge on any atom is 0.392 e. The number of nitrogens with one attached hydrogen (secondary N) is 1. The van der Waals surface area contributed by atoms with Crippen LogP contribution in [0.15, 0.2) is 18.2 Å². The van der Waals surface area contributed by atoms with Crippen LogP contribution in [0.3, 0.4) is 0 Å². The van der Waals surface area contributed by atoms with E-state index in [0.717, 1.165) is 5.56 Å². The van der Waals surface area contributed by atoms with Crippen LogP contribution in [-0.2, 0) is 0 Å². The number of aryl methyl sites for hydroxylation is 1. The van der Waals surface area contributed by atoms with Gasteiger partial charge in [0.25, 0.3) is 0 Å². The summed E-state index contributed by atoms with van der Waals surface area (Å²) in [5, 5.41) is 7.31. The van der Waals surface area contributed by atoms with Crippen molar-refractivity contribution < 1.29 is 17.9 Å². The first-order valence-corrected chi connectivity index (χ1v) is 4.94. The first-order chi connectivity index (χ1) is 7.79. The second kappa shape index (κ2) is 5.07. The molecule has 0 aromatic heterocycles. The molecule has 0 amide bonds. The summed E-state index contributed by atoms with van der Waals surface area (Å²) in [5.74, 6) is -0.0249. The molecule has 0 heterocycles. The topological polar surface area (TPSA) is 59.1 Å². The van der Waals surface area contributed by atoms with Gasteiger partial charge >= 0.3 is 6.18 Å². The van der Waals surface area contributed by atoms with E-state index in [1.807, 2.05) is 0 Å². The lowest BCUT2D eigenvalue weighted by molar-refractivity contribution is -0.139. The number of hydrogen-bond donors (Lipinski definition) is 2. The molecule has 94 valence electrons. The van der Waals surface area contributed by atoms with Gasteiger partial charge in [0, 0.05) is 0 Å². The molecule has 0 radical (unpaired) electrons. The molecule has 0 aliphatic heterocycles. The Morgan fingerprint density at radius 1 is 1.41 bits per heavy atom. The van der Waals surface area contributed by atoms with Gasteiger partial charge in [-0.05, 0) is 19.1 Å². The average Bonchev–Trinajstić information content (AvgIpc) is 2.18. The molecule has 0 saturated heterocycles. The lowest BCUT2D eigenvalue weighted by Gasteiger charge is -2.12. The lowest BCUT2D eigenvalue weighted by atomic mass is 10.1. The van der Waals surface area contributed by atoms with E-state index in [2.05, 4.69) is 0 Å². The Bertz CT molecular complexity index is 416. The number of hydrogen-bond acceptors (Lipinski definition) is 2. The van der Waals surface area contributed by atoms with E-state index in [1.165, 1.54) is 6.07 Å². The number of nitrogens with two attached hydrogens (primary N) is 1. The van der Waals surface area contributed by atoms with Gasteiger partial charge in [-0.3, -0.25) is 5.41 Å². The van der Waals surface area contributed by atoms with Crippen molar-refractivity contribution >= 4 is 5.84 Å². The molecule has 1 aromatic rings. The predicted octanol–water partition coefficient (Wildman–Crippen LogP) is 2.61. The molecule has 3 nitrogen and oxygen atoms in total. The number of alkyl halides is 3. The van der Waals surface area contributed by atoms with Gasteiger partial charge < -0.3 is 10.5 Å². The Morgan fingerprint density at radius 3 is 2.59 bits per heavy atom. The molecule has 0 aliphatic carbocycles. The molecule has 0 fully saturated rings. The summed E-state index contributed by atoms with van der Waals surface area (Å²) in [7, 11) is 0. The Balaban J connectivity index is 2.74. The fourth-order valence-electron chi connectivity index (χ4n) is 1.26. The highest BCUT2D eigenvalue weighted by Crippen LogP contribution is 2.23. The van der Waals surface area contributed by atoms with Crippen molar-refractivity contribution in [2.75, 3.05) is 6.61 Å². The van der Waals surface area contributed by atoms with E-state index in [-0.39, 0.29) is 11.6 Å². The number of nitrogen functional groups attached to an aromatic ring is 1. The average molecular weight is 246 g/mol. The third-order valence-corrected chi connectivity index (χ3v) is 2.07. The molecular formula is C11H13F3N2O. The van der Waals surface area contributed by atoms with Crippen LogP contribution >= 0.6 is 0 Å². The minimum absolute atomic E-state index is 0.201. The van der Waals surface area contributed by atoms with Crippen molar-refractivity contribution in [1.82, 2.24) is 0 Å². The van der Waals surface area contributed by atoms with Gasteiger partial charge in [-0.1, -0.05) is 11.6 Å². The molecule has 1 aromatic carbocycles. The van der Waals surface area contributed by atoms with Gasteiger partial charge in [0.05, 0.1) is 18.6 Å². The van der Waals surface area contributed by atoms with Crippen molar-refractivity contribution in [1.29, 1.82) is 5.41 Å². The molecule has 0 atom stereocenters. The zero-order chi connectivity index (χ0) is 13.1. The summed E-state index contributed by atoms with van der Waals surface area (Å²) in [6.45, 7) is 1.32. The van der Waals surface area contributed by atoms with Gasteiger partial charge in [-0.25, -0.2) is 0 Å². The number of benzene rings is 1. The first kappa shape index (κ1) is 13.3. The third kappa shape index (κ3) is 4.34. The van der Waals surface area contributed by atoms with E-state index in [9.17, 15) is 13.2 Å². The summed E-state index contributed by atoms with van der Waals surface area (Å²) in [6, 6.07) is 4.81. The van der Waals surface area contributed by atoms with E-state index in [1.54, 1.807) is 19.1 Å². The molecule has 0 bridgehead atoms. The molecule has 3 N–H and O–H groups in total. The Kier molecular flexibility index (Phi) is 3.98. The van der Waals surface area contributed by atoms with Crippen LogP contribution in [0.5, 0.6) is 5.75 Å². The molecule has 17 heavy (non-hydrogen) atoms. The lowest BCUT2D eigenvalue weighted by Crippen LogP contribution is -2.16. The van der Waals surface area contributed by atoms with Crippen LogP contribution in [0.25, 0.3) is 0 Å². The predicted molar refractivity (Wildman–Crippen MR) is 58.4 cm³/mol. The normalized spacial score (nSPS) is 11.3. The van der Waals surface area contributed by atoms with Crippen molar-refractivity contribution in [3.63, 3.8) is 0 Å². The van der Waals surface area contributed by atoms with Gasteiger partial charge in [-0.2, -0.15) is 13.2 Å². The van der Waals surface area contributed by atoms with Crippen LogP contribution in [-0.4, -0.2) is 18.6 Å². The summed E-state index contributed by atoms with van der Waals surface area (Å²) < 4.78 is 40.8. The molecule has 1 rings (SSSR count). The molecule has 0 saturated carbocycles. The van der Waals surface area contributed by atoms with Gasteiger partial charge in [0.1, 0.15) is 11.6 Å². The van der Waals surface area contributed by atoms with E-state index in [4.69, 9.17) is 15.9 Å². The highest BCUT2D eigenvalue weighted by Gasteiger charge is 2.27. The van der Waals surface area contributed by atoms with Crippen LogP contribution in [0.2, 0.25) is 0 Å². The monoisotopic (exact) mass is 246 g/mol. The van der Waals surface area contributed by atoms with Crippen LogP contribution in [0, 0.1) is 12.3 Å². The summed E-state index contributed by atoms with van der Waals surface area (Å²) in [6.07, 6.45) is -5.28. The quantitative estimate of drug-likeness (QED) is 0.633. The Labute approximate surface area is 96.9 Å². The first-order valence-electron chi connectivity index (χ1n) is 4.94. The van der Waals surface area contributed by atoms with Crippen molar-refractivity contribution in [2.45, 2.75) is 19.5 Å². The highest BCUT2D eigenvalue weighted by atomic mass is 19.4. The minimum atomic E-state index is -4.25. The van der Waals surface area contributed by atoms with Crippen LogP contribution in [0.4, 0.5) is 13.2 Å². The molecule has 0 aliphatic rings. The highest BCUT2D eigenvalue weighted by molar-refractivity contribution is 5.97. The third-order valence-electron chi connectivity index (χ3n) is 2.07. The Morgan fingerprint density at radius 2 is 2.06 bits per heavy atom. The smallest absolute Gasteiger partial charge is 0.392 e. The number of halogens is 3.